The summed E-state index contributed by atoms with van der Waals surface area (Å²) >= 11 is 0. The van der Waals surface area contributed by atoms with E-state index in [0.717, 1.165) is 0 Å². The van der Waals surface area contributed by atoms with E-state index >= 15 is 0 Å². The average Bonchev–Trinajstić information content (AvgIpc) is 2.36. The lowest BCUT2D eigenvalue weighted by Gasteiger charge is -2.16. The van der Waals surface area contributed by atoms with Gasteiger partial charge >= 0.3 is 6.09 Å². The summed E-state index contributed by atoms with van der Waals surface area (Å²) in [6.45, 7) is -0.111. The van der Waals surface area contributed by atoms with Crippen LogP contribution >= 0.6 is 0 Å². The van der Waals surface area contributed by atoms with Crippen LogP contribution in [-0.2, 0) is 11.3 Å². The molecule has 0 radical (unpaired) electrons. The van der Waals surface area contributed by atoms with Gasteiger partial charge in [0.2, 0.25) is 0 Å². The summed E-state index contributed by atoms with van der Waals surface area (Å²) in [6, 6.07) is 6.02. The van der Waals surface area contributed by atoms with E-state index < -0.39 is 11.0 Å². The van der Waals surface area contributed by atoms with Crippen molar-refractivity contribution in [1.29, 1.82) is 0 Å². The van der Waals surface area contributed by atoms with Gasteiger partial charge in [-0.2, -0.15) is 0 Å². The van der Waals surface area contributed by atoms with Crippen LogP contribution in [0.4, 0.5) is 10.5 Å². The van der Waals surface area contributed by atoms with Gasteiger partial charge in [0.25, 0.3) is 5.69 Å². The van der Waals surface area contributed by atoms with Crippen molar-refractivity contribution >= 4 is 11.8 Å². The van der Waals surface area contributed by atoms with Crippen molar-refractivity contribution in [3.63, 3.8) is 0 Å². The molecule has 0 heterocycles. The molecule has 0 atom stereocenters. The van der Waals surface area contributed by atoms with Crippen LogP contribution in [0.1, 0.15) is 5.56 Å². The third-order valence-corrected chi connectivity index (χ3v) is 2.17. The van der Waals surface area contributed by atoms with Crippen molar-refractivity contribution in [1.82, 2.24) is 4.90 Å². The molecule has 98 valence electrons. The first-order valence-electron chi connectivity index (χ1n) is 5.26. The average molecular weight is 254 g/mol. The standard InChI is InChI=1S/C11H14N2O5/c1-12(11(15)18-6-5-14)8-9-3-2-4-10(7-9)13(16)17/h2-4,7,14H,5-6,8H2,1H3. The molecule has 0 saturated carbocycles. The highest BCUT2D eigenvalue weighted by Crippen LogP contribution is 2.14. The molecule has 0 aliphatic carbocycles. The molecule has 0 fully saturated rings. The Bertz CT molecular complexity index is 435. The molecular weight excluding hydrogens is 240 g/mol. The molecule has 0 aliphatic heterocycles. The van der Waals surface area contributed by atoms with Gasteiger partial charge in [0, 0.05) is 25.7 Å². The maximum Gasteiger partial charge on any atom is 0.409 e. The highest BCUT2D eigenvalue weighted by atomic mass is 16.6. The molecule has 1 rings (SSSR count). The molecular formula is C11H14N2O5. The van der Waals surface area contributed by atoms with E-state index in [1.165, 1.54) is 24.1 Å². The minimum absolute atomic E-state index is 0.0235. The molecule has 0 bridgehead atoms. The highest BCUT2D eigenvalue weighted by molar-refractivity contribution is 5.67. The fraction of sp³-hybridized carbons (Fsp3) is 0.364. The third kappa shape index (κ3) is 4.02. The smallest absolute Gasteiger partial charge is 0.409 e. The maximum atomic E-state index is 11.4. The van der Waals surface area contributed by atoms with Gasteiger partial charge in [0.1, 0.15) is 6.61 Å². The maximum absolute atomic E-state index is 11.4. The number of ether oxygens (including phenoxy) is 1. The molecule has 0 unspecified atom stereocenters. The number of nitro benzene ring substituents is 1. The SMILES string of the molecule is CN(Cc1cccc([N+](=O)[O-])c1)C(=O)OCCO. The molecule has 1 N–H and O–H groups in total. The number of aliphatic hydroxyl groups excluding tert-OH is 1. The van der Waals surface area contributed by atoms with Gasteiger partial charge in [0.05, 0.1) is 11.5 Å². The molecule has 0 aliphatic rings. The van der Waals surface area contributed by atoms with Crippen LogP contribution in [0.15, 0.2) is 24.3 Å². The molecule has 1 aromatic carbocycles. The van der Waals surface area contributed by atoms with Gasteiger partial charge in [-0.1, -0.05) is 12.1 Å². The highest BCUT2D eigenvalue weighted by Gasteiger charge is 2.12. The van der Waals surface area contributed by atoms with Gasteiger partial charge in [-0.15, -0.1) is 0 Å². The number of carbonyl (C=O) groups excluding carboxylic acids is 1. The van der Waals surface area contributed by atoms with Gasteiger partial charge in [0.15, 0.2) is 0 Å². The largest absolute Gasteiger partial charge is 0.447 e. The normalized spacial score (nSPS) is 9.89. The second kappa shape index (κ2) is 6.55. The topological polar surface area (TPSA) is 92.9 Å². The zero-order chi connectivity index (χ0) is 13.5. The summed E-state index contributed by atoms with van der Waals surface area (Å²) < 4.78 is 4.71. The molecule has 0 spiro atoms. The summed E-state index contributed by atoms with van der Waals surface area (Å²) in [5, 5.41) is 19.1. The summed E-state index contributed by atoms with van der Waals surface area (Å²) in [5.41, 5.74) is 0.609. The first-order chi connectivity index (χ1) is 8.54. The number of hydrogen-bond acceptors (Lipinski definition) is 5. The summed E-state index contributed by atoms with van der Waals surface area (Å²) in [6.07, 6.45) is -0.587. The number of benzene rings is 1. The van der Waals surface area contributed by atoms with Crippen LogP contribution in [0.5, 0.6) is 0 Å². The number of nitrogens with zero attached hydrogens (tertiary/aromatic N) is 2. The van der Waals surface area contributed by atoms with E-state index in [1.54, 1.807) is 12.1 Å². The predicted octanol–water partition coefficient (Wildman–Crippen LogP) is 1.16. The molecule has 18 heavy (non-hydrogen) atoms. The molecule has 7 nitrogen and oxygen atoms in total. The van der Waals surface area contributed by atoms with Gasteiger partial charge in [-0.25, -0.2) is 4.79 Å². The fourth-order valence-electron chi connectivity index (χ4n) is 1.35. The number of aliphatic hydroxyl groups is 1. The van der Waals surface area contributed by atoms with E-state index in [9.17, 15) is 14.9 Å². The molecule has 0 aromatic heterocycles. The Morgan fingerprint density at radius 2 is 2.28 bits per heavy atom. The first kappa shape index (κ1) is 13.9. The van der Waals surface area contributed by atoms with Crippen LogP contribution in [0.3, 0.4) is 0 Å². The zero-order valence-corrected chi connectivity index (χ0v) is 9.91. The summed E-state index contributed by atoms with van der Waals surface area (Å²) in [7, 11) is 1.51. The second-order valence-corrected chi connectivity index (χ2v) is 3.62. The zero-order valence-electron chi connectivity index (χ0n) is 9.91. The number of non-ortho nitro benzene ring substituents is 1. The Hall–Kier alpha value is -2.15. The van der Waals surface area contributed by atoms with Crippen molar-refractivity contribution in [2.24, 2.45) is 0 Å². The monoisotopic (exact) mass is 254 g/mol. The summed E-state index contributed by atoms with van der Waals surface area (Å²) in [4.78, 5) is 22.8. The molecule has 1 amide bonds. The van der Waals surface area contributed by atoms with E-state index in [-0.39, 0.29) is 25.4 Å². The molecule has 0 saturated heterocycles. The van der Waals surface area contributed by atoms with Gasteiger partial charge in [-0.3, -0.25) is 10.1 Å². The van der Waals surface area contributed by atoms with Crippen molar-refractivity contribution < 1.29 is 19.6 Å². The quantitative estimate of drug-likeness (QED) is 0.628. The Morgan fingerprint density at radius 3 is 2.89 bits per heavy atom. The minimum atomic E-state index is -0.587. The van der Waals surface area contributed by atoms with E-state index in [1.807, 2.05) is 0 Å². The van der Waals surface area contributed by atoms with Crippen molar-refractivity contribution in [2.45, 2.75) is 6.54 Å². The third-order valence-electron chi connectivity index (χ3n) is 2.17. The van der Waals surface area contributed by atoms with Gasteiger partial charge < -0.3 is 14.7 Å². The first-order valence-corrected chi connectivity index (χ1v) is 5.26. The Morgan fingerprint density at radius 1 is 1.56 bits per heavy atom. The lowest BCUT2D eigenvalue weighted by atomic mass is 10.2. The van der Waals surface area contributed by atoms with Crippen LogP contribution < -0.4 is 0 Å². The Kier molecular flexibility index (Phi) is 5.06. The summed E-state index contributed by atoms with van der Waals surface area (Å²) in [5.74, 6) is 0. The number of rotatable bonds is 5. The van der Waals surface area contributed by atoms with Crippen LogP contribution in [-0.4, -0.2) is 41.3 Å². The van der Waals surface area contributed by atoms with Gasteiger partial charge in [-0.05, 0) is 5.56 Å². The number of nitro groups is 1. The predicted molar refractivity (Wildman–Crippen MR) is 63.0 cm³/mol. The molecule has 1 aromatic rings. The van der Waals surface area contributed by atoms with Crippen molar-refractivity contribution in [3.05, 3.63) is 39.9 Å². The van der Waals surface area contributed by atoms with E-state index in [0.29, 0.717) is 5.56 Å². The molecule has 7 heteroatoms. The lowest BCUT2D eigenvalue weighted by Crippen LogP contribution is -2.27. The van der Waals surface area contributed by atoms with Crippen molar-refractivity contribution in [3.8, 4) is 0 Å². The van der Waals surface area contributed by atoms with E-state index in [4.69, 9.17) is 9.84 Å². The number of carbonyl (C=O) groups is 1. The Balaban J connectivity index is 2.63. The van der Waals surface area contributed by atoms with Crippen LogP contribution in [0, 0.1) is 10.1 Å². The lowest BCUT2D eigenvalue weighted by molar-refractivity contribution is -0.384. The van der Waals surface area contributed by atoms with Crippen molar-refractivity contribution in [2.75, 3.05) is 20.3 Å². The minimum Gasteiger partial charge on any atom is -0.447 e. The number of amides is 1. The fourth-order valence-corrected chi connectivity index (χ4v) is 1.35. The Labute approximate surface area is 104 Å². The van der Waals surface area contributed by atoms with Crippen LogP contribution in [0.25, 0.3) is 0 Å². The van der Waals surface area contributed by atoms with Crippen LogP contribution in [0.2, 0.25) is 0 Å². The number of hydrogen-bond donors (Lipinski definition) is 1. The van der Waals surface area contributed by atoms with E-state index in [2.05, 4.69) is 0 Å². The second-order valence-electron chi connectivity index (χ2n) is 3.62.